The minimum Gasteiger partial charge on any atom is -0.479 e. The Kier molecular flexibility index (Phi) is 5.13. The molecule has 3 N–H and O–H groups in total. The van der Waals surface area contributed by atoms with Crippen molar-refractivity contribution in [2.75, 3.05) is 36.5 Å². The van der Waals surface area contributed by atoms with Gasteiger partial charge in [0.25, 0.3) is 5.91 Å². The molecule has 9 nitrogen and oxygen atoms in total. The molecule has 0 radical (unpaired) electrons. The van der Waals surface area contributed by atoms with E-state index in [9.17, 15) is 9.59 Å². The van der Waals surface area contributed by atoms with Crippen LogP contribution in [0.3, 0.4) is 0 Å². The van der Waals surface area contributed by atoms with Crippen molar-refractivity contribution < 1.29 is 19.1 Å². The summed E-state index contributed by atoms with van der Waals surface area (Å²) in [4.78, 5) is 36.0. The highest BCUT2D eigenvalue weighted by molar-refractivity contribution is 6.25. The number of rotatable bonds is 4. The number of aromatic nitrogens is 2. The van der Waals surface area contributed by atoms with E-state index in [4.69, 9.17) is 15.2 Å². The number of amides is 1. The highest BCUT2D eigenvalue weighted by Gasteiger charge is 2.41. The van der Waals surface area contributed by atoms with Crippen molar-refractivity contribution in [2.24, 2.45) is 5.73 Å². The fourth-order valence-electron chi connectivity index (χ4n) is 3.52. The van der Waals surface area contributed by atoms with Gasteiger partial charge < -0.3 is 25.4 Å². The van der Waals surface area contributed by atoms with Crippen LogP contribution in [-0.2, 0) is 9.53 Å². The quantitative estimate of drug-likeness (QED) is 0.731. The predicted octanol–water partition coefficient (Wildman–Crippen LogP) is 1.61. The first-order valence-electron chi connectivity index (χ1n) is 9.66. The van der Waals surface area contributed by atoms with Gasteiger partial charge in [-0.25, -0.2) is 9.97 Å². The van der Waals surface area contributed by atoms with Crippen molar-refractivity contribution in [3.63, 3.8) is 0 Å². The maximum absolute atomic E-state index is 13.0. The normalized spacial score (nSPS) is 18.0. The van der Waals surface area contributed by atoms with Gasteiger partial charge in [0.2, 0.25) is 5.78 Å². The first-order valence-corrected chi connectivity index (χ1v) is 9.66. The molecule has 1 saturated heterocycles. The number of nitrogens with zero attached hydrogens (tertiary/aromatic N) is 3. The summed E-state index contributed by atoms with van der Waals surface area (Å²) >= 11 is 0. The molecule has 156 valence electrons. The van der Waals surface area contributed by atoms with E-state index >= 15 is 0 Å². The predicted molar refractivity (Wildman–Crippen MR) is 111 cm³/mol. The summed E-state index contributed by atoms with van der Waals surface area (Å²) < 4.78 is 11.3. The molecule has 0 atom stereocenters. The highest BCUT2D eigenvalue weighted by atomic mass is 16.5. The van der Waals surface area contributed by atoms with E-state index in [1.165, 1.54) is 18.6 Å². The van der Waals surface area contributed by atoms with E-state index in [1.54, 1.807) is 32.0 Å². The molecule has 30 heavy (non-hydrogen) atoms. The van der Waals surface area contributed by atoms with E-state index in [-0.39, 0.29) is 17.2 Å². The molecule has 1 aromatic heterocycles. The lowest BCUT2D eigenvalue weighted by atomic mass is 9.98. The number of morpholine rings is 1. The zero-order valence-corrected chi connectivity index (χ0v) is 16.8. The first-order chi connectivity index (χ1) is 14.4. The summed E-state index contributed by atoms with van der Waals surface area (Å²) in [7, 11) is 0. The van der Waals surface area contributed by atoms with Gasteiger partial charge in [-0.2, -0.15) is 0 Å². The summed E-state index contributed by atoms with van der Waals surface area (Å²) in [6.45, 7) is 5.86. The third kappa shape index (κ3) is 3.59. The molecule has 0 spiro atoms. The highest BCUT2D eigenvalue weighted by Crippen LogP contribution is 2.42. The maximum Gasteiger partial charge on any atom is 0.261 e. The number of ether oxygens (including phenoxy) is 2. The van der Waals surface area contributed by atoms with Gasteiger partial charge in [-0.3, -0.25) is 9.59 Å². The van der Waals surface area contributed by atoms with Crippen LogP contribution in [-0.4, -0.2) is 53.6 Å². The minimum atomic E-state index is -0.951. The van der Waals surface area contributed by atoms with Gasteiger partial charge in [-0.1, -0.05) is 0 Å². The third-order valence-corrected chi connectivity index (χ3v) is 5.07. The van der Waals surface area contributed by atoms with Gasteiger partial charge in [0.15, 0.2) is 11.4 Å². The molecular formula is C21H23N5O4. The lowest BCUT2D eigenvalue weighted by Gasteiger charge is -2.31. The number of anilines is 2. The molecule has 0 unspecified atom stereocenters. The molecular weight excluding hydrogens is 386 g/mol. The Bertz CT molecular complexity index is 1010. The average molecular weight is 409 g/mol. The fraction of sp³-hybridized carbons (Fsp3) is 0.333. The number of nitrogens with one attached hydrogen (secondary N) is 1. The molecule has 1 fully saturated rings. The smallest absolute Gasteiger partial charge is 0.261 e. The van der Waals surface area contributed by atoms with Crippen LogP contribution in [0.25, 0.3) is 5.57 Å². The molecule has 9 heteroatoms. The number of ketones is 1. The number of carbonyl (C=O) groups excluding carboxylic acids is 2. The molecule has 4 rings (SSSR count). The number of benzene rings is 1. The topological polar surface area (TPSA) is 120 Å². The van der Waals surface area contributed by atoms with E-state index in [2.05, 4.69) is 20.2 Å². The number of fused-ring (bicyclic) bond motifs is 1. The molecule has 0 bridgehead atoms. The van der Waals surface area contributed by atoms with Crippen molar-refractivity contribution in [3.05, 3.63) is 48.2 Å². The summed E-state index contributed by atoms with van der Waals surface area (Å²) in [6.07, 6.45) is 4.25. The van der Waals surface area contributed by atoms with Crippen LogP contribution in [0.1, 0.15) is 30.0 Å². The Morgan fingerprint density at radius 2 is 1.93 bits per heavy atom. The van der Waals surface area contributed by atoms with Gasteiger partial charge in [-0.15, -0.1) is 0 Å². The summed E-state index contributed by atoms with van der Waals surface area (Å²) in [6, 6.07) is 5.12. The second-order valence-corrected chi connectivity index (χ2v) is 7.51. The van der Waals surface area contributed by atoms with E-state index in [0.29, 0.717) is 43.3 Å². The monoisotopic (exact) mass is 409 g/mol. The second-order valence-electron chi connectivity index (χ2n) is 7.51. The van der Waals surface area contributed by atoms with Crippen LogP contribution >= 0.6 is 0 Å². The van der Waals surface area contributed by atoms with Crippen LogP contribution in [0.4, 0.5) is 11.4 Å². The van der Waals surface area contributed by atoms with Crippen molar-refractivity contribution in [1.82, 2.24) is 9.97 Å². The Hall–Kier alpha value is -3.46. The summed E-state index contributed by atoms with van der Waals surface area (Å²) in [5.74, 6) is 0.109. The number of carbonyl (C=O) groups is 2. The lowest BCUT2D eigenvalue weighted by molar-refractivity contribution is -0.111. The minimum absolute atomic E-state index is 0.0925. The van der Waals surface area contributed by atoms with Crippen molar-refractivity contribution >= 4 is 28.6 Å². The molecule has 2 aliphatic heterocycles. The maximum atomic E-state index is 13.0. The van der Waals surface area contributed by atoms with Crippen molar-refractivity contribution in [1.29, 1.82) is 0 Å². The first kappa shape index (κ1) is 19.8. The van der Waals surface area contributed by atoms with Gasteiger partial charge >= 0.3 is 0 Å². The number of hydrogen-bond donors (Lipinski definition) is 2. The Morgan fingerprint density at radius 1 is 1.23 bits per heavy atom. The van der Waals surface area contributed by atoms with Crippen LogP contribution in [0.2, 0.25) is 0 Å². The molecule has 0 saturated carbocycles. The van der Waals surface area contributed by atoms with E-state index in [1.807, 2.05) is 0 Å². The summed E-state index contributed by atoms with van der Waals surface area (Å²) in [5.41, 5.74) is 6.62. The standard InChI is InChI=1S/C21H23N5O4/c1-21(2)18(27)13-10-16(26-6-8-29-9-7-26)15(11-17(13)30-21)25-20(28)14(12-22)19-23-4-3-5-24-19/h3-5,10-12H,6-9,22H2,1-2H3,(H,25,28). The zero-order chi connectivity index (χ0) is 21.3. The van der Waals surface area contributed by atoms with E-state index < -0.39 is 11.5 Å². The molecule has 3 heterocycles. The molecule has 2 aromatic rings. The van der Waals surface area contributed by atoms with Crippen LogP contribution < -0.4 is 20.7 Å². The van der Waals surface area contributed by atoms with Crippen LogP contribution in [0, 0.1) is 0 Å². The number of Topliss-reactive ketones (excluding diaryl/α,β-unsaturated/α-hetero) is 1. The Balaban J connectivity index is 1.71. The van der Waals surface area contributed by atoms with Crippen molar-refractivity contribution in [2.45, 2.75) is 19.4 Å². The Morgan fingerprint density at radius 3 is 2.60 bits per heavy atom. The fourth-order valence-corrected chi connectivity index (χ4v) is 3.52. The average Bonchev–Trinajstić information content (AvgIpc) is 2.97. The van der Waals surface area contributed by atoms with Gasteiger partial charge in [0.05, 0.1) is 35.7 Å². The van der Waals surface area contributed by atoms with Crippen LogP contribution in [0.5, 0.6) is 5.75 Å². The zero-order valence-electron chi connectivity index (χ0n) is 16.8. The molecule has 0 aliphatic carbocycles. The SMILES string of the molecule is CC1(C)Oc2cc(NC(=O)C(=CN)c3ncccn3)c(N3CCOCC3)cc2C1=O. The van der Waals surface area contributed by atoms with Gasteiger partial charge in [0, 0.05) is 37.7 Å². The van der Waals surface area contributed by atoms with Crippen LogP contribution in [0.15, 0.2) is 36.8 Å². The molecule has 1 aromatic carbocycles. The lowest BCUT2D eigenvalue weighted by Crippen LogP contribution is -2.37. The molecule has 1 amide bonds. The summed E-state index contributed by atoms with van der Waals surface area (Å²) in [5, 5.41) is 2.89. The second kappa shape index (κ2) is 7.75. The van der Waals surface area contributed by atoms with Crippen molar-refractivity contribution in [3.8, 4) is 5.75 Å². The van der Waals surface area contributed by atoms with E-state index in [0.717, 1.165) is 5.69 Å². The van der Waals surface area contributed by atoms with Gasteiger partial charge in [-0.05, 0) is 26.0 Å². The number of nitrogens with two attached hydrogens (primary N) is 1. The Labute approximate surface area is 173 Å². The third-order valence-electron chi connectivity index (χ3n) is 5.07. The van der Waals surface area contributed by atoms with Gasteiger partial charge in [0.1, 0.15) is 5.75 Å². The molecule has 2 aliphatic rings. The number of hydrogen-bond acceptors (Lipinski definition) is 8. The largest absolute Gasteiger partial charge is 0.479 e.